The minimum Gasteiger partial charge on any atom is -0.493 e. The SMILES string of the molecule is COc1cc(C(=O)NCCCc2nc3ccccc3n2Cc2ccc(Cl)cc2)cc(OC)c1OC. The molecule has 3 aromatic carbocycles. The number of rotatable bonds is 10. The zero-order valence-electron chi connectivity index (χ0n) is 20.0. The molecule has 7 nitrogen and oxygen atoms in total. The number of aryl methyl sites for hydroxylation is 1. The van der Waals surface area contributed by atoms with Gasteiger partial charge in [-0.05, 0) is 48.4 Å². The maximum Gasteiger partial charge on any atom is 0.251 e. The summed E-state index contributed by atoms with van der Waals surface area (Å²) in [7, 11) is 4.57. The minimum absolute atomic E-state index is 0.209. The molecule has 0 spiro atoms. The number of carbonyl (C=O) groups is 1. The number of hydrogen-bond donors (Lipinski definition) is 1. The second-order valence-corrected chi connectivity index (χ2v) is 8.44. The number of hydrogen-bond acceptors (Lipinski definition) is 5. The zero-order chi connectivity index (χ0) is 24.8. The number of methoxy groups -OCH3 is 3. The molecular weight excluding hydrogens is 466 g/mol. The lowest BCUT2D eigenvalue weighted by Gasteiger charge is -2.14. The average Bonchev–Trinajstić information content (AvgIpc) is 3.23. The van der Waals surface area contributed by atoms with Gasteiger partial charge in [-0.2, -0.15) is 0 Å². The predicted octanol–water partition coefficient (Wildman–Crippen LogP) is 5.13. The van der Waals surface area contributed by atoms with Crippen molar-refractivity contribution in [3.05, 3.63) is 82.6 Å². The third-order valence-electron chi connectivity index (χ3n) is 5.78. The van der Waals surface area contributed by atoms with Crippen molar-refractivity contribution in [2.75, 3.05) is 27.9 Å². The van der Waals surface area contributed by atoms with Gasteiger partial charge < -0.3 is 24.1 Å². The van der Waals surface area contributed by atoms with E-state index in [0.717, 1.165) is 35.3 Å². The van der Waals surface area contributed by atoms with E-state index in [1.54, 1.807) is 12.1 Å². The van der Waals surface area contributed by atoms with Crippen molar-refractivity contribution in [1.29, 1.82) is 0 Å². The number of fused-ring (bicyclic) bond motifs is 1. The largest absolute Gasteiger partial charge is 0.493 e. The lowest BCUT2D eigenvalue weighted by molar-refractivity contribution is 0.0952. The number of para-hydroxylation sites is 2. The third-order valence-corrected chi connectivity index (χ3v) is 6.03. The Morgan fingerprint density at radius 1 is 0.971 bits per heavy atom. The van der Waals surface area contributed by atoms with Crippen molar-refractivity contribution < 1.29 is 19.0 Å². The van der Waals surface area contributed by atoms with E-state index in [9.17, 15) is 4.79 Å². The van der Waals surface area contributed by atoms with Crippen LogP contribution in [-0.4, -0.2) is 43.3 Å². The summed E-state index contributed by atoms with van der Waals surface area (Å²) in [5, 5.41) is 3.69. The summed E-state index contributed by atoms with van der Waals surface area (Å²) in [4.78, 5) is 17.6. The van der Waals surface area contributed by atoms with Gasteiger partial charge in [0.05, 0.1) is 32.4 Å². The summed E-state index contributed by atoms with van der Waals surface area (Å²) in [5.74, 6) is 2.09. The Hall–Kier alpha value is -3.71. The van der Waals surface area contributed by atoms with Crippen LogP contribution < -0.4 is 19.5 Å². The normalized spacial score (nSPS) is 10.9. The first-order valence-electron chi connectivity index (χ1n) is 11.3. The fourth-order valence-electron chi connectivity index (χ4n) is 4.03. The molecule has 182 valence electrons. The maximum absolute atomic E-state index is 12.8. The van der Waals surface area contributed by atoms with Crippen LogP contribution in [0.1, 0.15) is 28.2 Å². The van der Waals surface area contributed by atoms with Gasteiger partial charge in [-0.25, -0.2) is 4.98 Å². The van der Waals surface area contributed by atoms with Gasteiger partial charge in [-0.15, -0.1) is 0 Å². The van der Waals surface area contributed by atoms with E-state index in [2.05, 4.69) is 16.0 Å². The van der Waals surface area contributed by atoms with Gasteiger partial charge in [0.2, 0.25) is 5.75 Å². The van der Waals surface area contributed by atoms with Gasteiger partial charge in [0, 0.05) is 30.1 Å². The van der Waals surface area contributed by atoms with E-state index in [-0.39, 0.29) is 5.91 Å². The number of imidazole rings is 1. The van der Waals surface area contributed by atoms with Crippen LogP contribution in [0.2, 0.25) is 5.02 Å². The number of benzene rings is 3. The van der Waals surface area contributed by atoms with Gasteiger partial charge in [0.25, 0.3) is 5.91 Å². The van der Waals surface area contributed by atoms with E-state index in [0.29, 0.717) is 40.9 Å². The maximum atomic E-state index is 12.8. The molecule has 8 heteroatoms. The fraction of sp³-hybridized carbons (Fsp3) is 0.259. The molecule has 0 aliphatic rings. The summed E-state index contributed by atoms with van der Waals surface area (Å²) in [5.41, 5.74) is 3.63. The molecule has 0 unspecified atom stereocenters. The number of ether oxygens (including phenoxy) is 3. The first-order chi connectivity index (χ1) is 17.0. The highest BCUT2D eigenvalue weighted by molar-refractivity contribution is 6.30. The van der Waals surface area contributed by atoms with Crippen LogP contribution in [0.5, 0.6) is 17.2 Å². The zero-order valence-corrected chi connectivity index (χ0v) is 20.8. The predicted molar refractivity (Wildman–Crippen MR) is 137 cm³/mol. The Kier molecular flexibility index (Phi) is 7.77. The standard InChI is InChI=1S/C27H28ClN3O4/c1-33-23-15-19(16-24(34-2)26(23)35-3)27(32)29-14-6-9-25-30-21-7-4-5-8-22(21)31(25)17-18-10-12-20(28)13-11-18/h4-5,7-8,10-13,15-16H,6,9,14,17H2,1-3H3,(H,29,32). The molecule has 0 aliphatic heterocycles. The van der Waals surface area contributed by atoms with Gasteiger partial charge in [-0.3, -0.25) is 4.79 Å². The highest BCUT2D eigenvalue weighted by Crippen LogP contribution is 2.38. The molecule has 0 atom stereocenters. The highest BCUT2D eigenvalue weighted by atomic mass is 35.5. The number of halogens is 1. The van der Waals surface area contributed by atoms with E-state index >= 15 is 0 Å². The molecular formula is C27H28ClN3O4. The van der Waals surface area contributed by atoms with Crippen LogP contribution in [-0.2, 0) is 13.0 Å². The first kappa shape index (κ1) is 24.4. The van der Waals surface area contributed by atoms with Crippen molar-refractivity contribution >= 4 is 28.5 Å². The van der Waals surface area contributed by atoms with Crippen molar-refractivity contribution in [2.45, 2.75) is 19.4 Å². The van der Waals surface area contributed by atoms with Gasteiger partial charge in [0.1, 0.15) is 5.82 Å². The number of carbonyl (C=O) groups excluding carboxylic acids is 1. The van der Waals surface area contributed by atoms with Crippen LogP contribution in [0.15, 0.2) is 60.7 Å². The molecule has 0 bridgehead atoms. The van der Waals surface area contributed by atoms with E-state index in [1.807, 2.05) is 42.5 Å². The van der Waals surface area contributed by atoms with Crippen LogP contribution in [0.3, 0.4) is 0 Å². The molecule has 1 N–H and O–H groups in total. The Labute approximate surface area is 209 Å². The van der Waals surface area contributed by atoms with Gasteiger partial charge >= 0.3 is 0 Å². The molecule has 4 rings (SSSR count). The van der Waals surface area contributed by atoms with E-state index in [1.165, 1.54) is 21.3 Å². The van der Waals surface area contributed by atoms with Crippen LogP contribution in [0, 0.1) is 0 Å². The Morgan fingerprint density at radius 3 is 2.31 bits per heavy atom. The Balaban J connectivity index is 1.44. The average molecular weight is 494 g/mol. The van der Waals surface area contributed by atoms with Gasteiger partial charge in [0.15, 0.2) is 11.5 Å². The van der Waals surface area contributed by atoms with Crippen molar-refractivity contribution in [3.8, 4) is 17.2 Å². The molecule has 0 aliphatic carbocycles. The highest BCUT2D eigenvalue weighted by Gasteiger charge is 2.17. The molecule has 0 radical (unpaired) electrons. The molecule has 0 saturated heterocycles. The molecule has 0 saturated carbocycles. The monoisotopic (exact) mass is 493 g/mol. The number of nitrogens with one attached hydrogen (secondary N) is 1. The summed E-state index contributed by atoms with van der Waals surface area (Å²) in [6.07, 6.45) is 1.46. The first-order valence-corrected chi connectivity index (χ1v) is 11.7. The molecule has 1 heterocycles. The minimum atomic E-state index is -0.209. The van der Waals surface area contributed by atoms with Crippen molar-refractivity contribution in [2.24, 2.45) is 0 Å². The van der Waals surface area contributed by atoms with Crippen LogP contribution >= 0.6 is 11.6 Å². The van der Waals surface area contributed by atoms with E-state index < -0.39 is 0 Å². The summed E-state index contributed by atoms with van der Waals surface area (Å²) < 4.78 is 18.2. The third kappa shape index (κ3) is 5.52. The van der Waals surface area contributed by atoms with Gasteiger partial charge in [-0.1, -0.05) is 35.9 Å². The van der Waals surface area contributed by atoms with Crippen molar-refractivity contribution in [1.82, 2.24) is 14.9 Å². The van der Waals surface area contributed by atoms with Crippen molar-refractivity contribution in [3.63, 3.8) is 0 Å². The Bertz CT molecular complexity index is 1290. The molecule has 4 aromatic rings. The number of aromatic nitrogens is 2. The smallest absolute Gasteiger partial charge is 0.251 e. The number of amides is 1. The van der Waals surface area contributed by atoms with Crippen LogP contribution in [0.4, 0.5) is 0 Å². The number of nitrogens with zero attached hydrogens (tertiary/aromatic N) is 2. The topological polar surface area (TPSA) is 74.6 Å². The van der Waals surface area contributed by atoms with Crippen LogP contribution in [0.25, 0.3) is 11.0 Å². The van der Waals surface area contributed by atoms with E-state index in [4.69, 9.17) is 30.8 Å². The quantitative estimate of drug-likeness (QED) is 0.310. The lowest BCUT2D eigenvalue weighted by atomic mass is 10.1. The molecule has 35 heavy (non-hydrogen) atoms. The second kappa shape index (κ2) is 11.1. The summed E-state index contributed by atoms with van der Waals surface area (Å²) >= 11 is 6.05. The lowest BCUT2D eigenvalue weighted by Crippen LogP contribution is -2.25. The molecule has 1 amide bonds. The Morgan fingerprint density at radius 2 is 1.66 bits per heavy atom. The second-order valence-electron chi connectivity index (χ2n) is 8.00. The summed E-state index contributed by atoms with van der Waals surface area (Å²) in [6, 6.07) is 19.2. The fourth-order valence-corrected chi connectivity index (χ4v) is 4.15. The molecule has 0 fully saturated rings. The summed E-state index contributed by atoms with van der Waals surface area (Å²) in [6.45, 7) is 1.20. The molecule has 1 aromatic heterocycles.